The fraction of sp³-hybridized carbons (Fsp3) is 0.333. The largest absolute Gasteiger partial charge is 0.444 e. The number of Topliss-reactive ketones (excluding diaryl/α,β-unsaturated/α-hetero) is 1. The first-order chi connectivity index (χ1) is 21.0. The Hall–Kier alpha value is -5.24. The van der Waals surface area contributed by atoms with Crippen LogP contribution < -0.4 is 15.5 Å². The summed E-state index contributed by atoms with van der Waals surface area (Å²) in [6.07, 6.45) is 1.96. The van der Waals surface area contributed by atoms with E-state index < -0.39 is 11.7 Å². The fourth-order valence-electron chi connectivity index (χ4n) is 4.53. The zero-order valence-electron chi connectivity index (χ0n) is 25.5. The van der Waals surface area contributed by atoms with Crippen molar-refractivity contribution in [1.29, 1.82) is 5.26 Å². The molecule has 0 bridgehead atoms. The predicted molar refractivity (Wildman–Crippen MR) is 168 cm³/mol. The van der Waals surface area contributed by atoms with E-state index >= 15 is 0 Å². The van der Waals surface area contributed by atoms with Gasteiger partial charge < -0.3 is 19.9 Å². The van der Waals surface area contributed by atoms with Crippen molar-refractivity contribution in [3.63, 3.8) is 0 Å². The number of carbonyl (C=O) groups excluding carboxylic acids is 3. The molecule has 2 N–H and O–H groups in total. The van der Waals surface area contributed by atoms with Gasteiger partial charge in [0.2, 0.25) is 0 Å². The van der Waals surface area contributed by atoms with Crippen LogP contribution in [0.2, 0.25) is 0 Å². The lowest BCUT2D eigenvalue weighted by Crippen LogP contribution is -2.34. The van der Waals surface area contributed by atoms with Crippen LogP contribution in [0.1, 0.15) is 61.8 Å². The van der Waals surface area contributed by atoms with Crippen molar-refractivity contribution in [2.75, 3.05) is 23.3 Å². The molecule has 0 aliphatic rings. The number of anilines is 2. The normalized spacial score (nSPS) is 11.1. The maximum Gasteiger partial charge on any atom is 0.407 e. The van der Waals surface area contributed by atoms with Gasteiger partial charge in [0.15, 0.2) is 0 Å². The molecule has 2 amide bonds. The first-order valence-corrected chi connectivity index (χ1v) is 14.4. The molecule has 0 unspecified atom stereocenters. The van der Waals surface area contributed by atoms with Gasteiger partial charge in [0.05, 0.1) is 29.2 Å². The number of aryl methyl sites for hydroxylation is 1. The Labute approximate surface area is 256 Å². The van der Waals surface area contributed by atoms with Crippen LogP contribution in [0.25, 0.3) is 11.0 Å². The molecular formula is C33H37N7O4. The van der Waals surface area contributed by atoms with Gasteiger partial charge in [0.25, 0.3) is 5.91 Å². The lowest BCUT2D eigenvalue weighted by Gasteiger charge is -2.21. The molecule has 44 heavy (non-hydrogen) atoms. The summed E-state index contributed by atoms with van der Waals surface area (Å²) in [5, 5.41) is 15.0. The SMILES string of the molecule is Cn1c(CNc2ccc(C#N)cc2)nc2cc(C(=O)N(CCC(=O)CCCNC(=O)OC(C)(C)C)c3ccccn3)ccc21. The van der Waals surface area contributed by atoms with Crippen LogP contribution >= 0.6 is 0 Å². The molecule has 11 heteroatoms. The van der Waals surface area contributed by atoms with Crippen molar-refractivity contribution in [2.45, 2.75) is 52.2 Å². The molecule has 4 aromatic rings. The summed E-state index contributed by atoms with van der Waals surface area (Å²) in [5.74, 6) is 0.921. The Morgan fingerprint density at radius 3 is 2.50 bits per heavy atom. The Morgan fingerprint density at radius 2 is 1.82 bits per heavy atom. The van der Waals surface area contributed by atoms with E-state index in [1.165, 1.54) is 4.90 Å². The zero-order chi connectivity index (χ0) is 31.7. The summed E-state index contributed by atoms with van der Waals surface area (Å²) in [6, 6.07) is 20.0. The molecule has 0 spiro atoms. The smallest absolute Gasteiger partial charge is 0.407 e. The number of benzene rings is 2. The average Bonchev–Trinajstić information content (AvgIpc) is 3.32. The third-order valence-corrected chi connectivity index (χ3v) is 6.77. The molecule has 0 radical (unpaired) electrons. The van der Waals surface area contributed by atoms with Gasteiger partial charge in [-0.25, -0.2) is 14.8 Å². The second-order valence-electron chi connectivity index (χ2n) is 11.3. The number of amides is 2. The lowest BCUT2D eigenvalue weighted by atomic mass is 10.1. The third-order valence-electron chi connectivity index (χ3n) is 6.77. The molecule has 2 aromatic carbocycles. The van der Waals surface area contributed by atoms with E-state index in [2.05, 4.69) is 21.7 Å². The standard InChI is InChI=1S/C33H37N7O4/c1-33(2,3)44-32(43)36-18-7-8-26(41)16-19-40(29-9-5-6-17-35-29)31(42)24-12-15-28-27(20-24)38-30(39(28)4)22-37-25-13-10-23(21-34)11-14-25/h5-6,9-15,17,20,37H,7-8,16,18-19,22H2,1-4H3,(H,36,43). The molecule has 2 heterocycles. The van der Waals surface area contributed by atoms with E-state index in [0.717, 1.165) is 17.0 Å². The van der Waals surface area contributed by atoms with Crippen molar-refractivity contribution in [2.24, 2.45) is 7.05 Å². The highest BCUT2D eigenvalue weighted by Gasteiger charge is 2.21. The number of nitrogens with zero attached hydrogens (tertiary/aromatic N) is 5. The first kappa shape index (κ1) is 31.7. The van der Waals surface area contributed by atoms with E-state index in [1.54, 1.807) is 69.4 Å². The van der Waals surface area contributed by atoms with Gasteiger partial charge in [-0.1, -0.05) is 6.07 Å². The van der Waals surface area contributed by atoms with Crippen molar-refractivity contribution < 1.29 is 19.1 Å². The average molecular weight is 596 g/mol. The topological polar surface area (TPSA) is 142 Å². The van der Waals surface area contributed by atoms with E-state index in [1.807, 2.05) is 29.8 Å². The summed E-state index contributed by atoms with van der Waals surface area (Å²) in [4.78, 5) is 48.9. The van der Waals surface area contributed by atoms with Crippen LogP contribution in [-0.4, -0.2) is 51.0 Å². The number of ketones is 1. The molecule has 0 fully saturated rings. The second kappa shape index (κ2) is 14.3. The summed E-state index contributed by atoms with van der Waals surface area (Å²) in [7, 11) is 1.92. The van der Waals surface area contributed by atoms with Crippen molar-refractivity contribution in [3.05, 3.63) is 83.8 Å². The van der Waals surface area contributed by atoms with Gasteiger partial charge in [-0.05, 0) is 81.8 Å². The van der Waals surface area contributed by atoms with Crippen LogP contribution in [0.15, 0.2) is 66.9 Å². The maximum absolute atomic E-state index is 13.7. The molecule has 11 nitrogen and oxygen atoms in total. The minimum atomic E-state index is -0.588. The van der Waals surface area contributed by atoms with Crippen LogP contribution in [0, 0.1) is 11.3 Å². The first-order valence-electron chi connectivity index (χ1n) is 14.4. The molecule has 228 valence electrons. The number of pyridine rings is 1. The lowest BCUT2D eigenvalue weighted by molar-refractivity contribution is -0.118. The minimum absolute atomic E-state index is 0.0238. The molecule has 0 saturated heterocycles. The van der Waals surface area contributed by atoms with Gasteiger partial charge in [0.1, 0.15) is 23.0 Å². The van der Waals surface area contributed by atoms with Crippen LogP contribution in [0.3, 0.4) is 0 Å². The molecule has 0 saturated carbocycles. The van der Waals surface area contributed by atoms with Gasteiger partial charge in [-0.3, -0.25) is 14.5 Å². The quantitative estimate of drug-likeness (QED) is 0.208. The fourth-order valence-corrected chi connectivity index (χ4v) is 4.53. The predicted octanol–water partition coefficient (Wildman–Crippen LogP) is 5.36. The highest BCUT2D eigenvalue weighted by Crippen LogP contribution is 2.21. The number of carbonyl (C=O) groups is 3. The van der Waals surface area contributed by atoms with Crippen LogP contribution in [0.5, 0.6) is 0 Å². The number of hydrogen-bond donors (Lipinski definition) is 2. The summed E-state index contributed by atoms with van der Waals surface area (Å²) in [6.45, 7) is 6.29. The van der Waals surface area contributed by atoms with Crippen molar-refractivity contribution in [3.8, 4) is 6.07 Å². The Balaban J connectivity index is 1.40. The zero-order valence-corrected chi connectivity index (χ0v) is 25.5. The number of aromatic nitrogens is 3. The number of rotatable bonds is 12. The number of imidazole rings is 1. The molecule has 0 aliphatic heterocycles. The third kappa shape index (κ3) is 8.64. The summed E-state index contributed by atoms with van der Waals surface area (Å²) in [5.41, 5.74) is 2.85. The molecule has 2 aromatic heterocycles. The number of nitriles is 1. The highest BCUT2D eigenvalue weighted by molar-refractivity contribution is 6.07. The van der Waals surface area contributed by atoms with Crippen molar-refractivity contribution in [1.82, 2.24) is 19.9 Å². The number of alkyl carbamates (subject to hydrolysis) is 1. The highest BCUT2D eigenvalue weighted by atomic mass is 16.6. The molecule has 4 rings (SSSR count). The Bertz CT molecular complexity index is 1650. The van der Waals surface area contributed by atoms with Gasteiger partial charge in [-0.15, -0.1) is 0 Å². The summed E-state index contributed by atoms with van der Waals surface area (Å²) < 4.78 is 7.17. The number of hydrogen-bond acceptors (Lipinski definition) is 8. The Morgan fingerprint density at radius 1 is 1.05 bits per heavy atom. The number of ether oxygens (including phenoxy) is 1. The minimum Gasteiger partial charge on any atom is -0.444 e. The van der Waals surface area contributed by atoms with Crippen molar-refractivity contribution >= 4 is 40.3 Å². The maximum atomic E-state index is 13.7. The van der Waals surface area contributed by atoms with Gasteiger partial charge in [-0.2, -0.15) is 5.26 Å². The molecule has 0 aliphatic carbocycles. The number of fused-ring (bicyclic) bond motifs is 1. The molecular weight excluding hydrogens is 558 g/mol. The van der Waals surface area contributed by atoms with Crippen LogP contribution in [0.4, 0.5) is 16.3 Å². The molecule has 0 atom stereocenters. The Kier molecular flexibility index (Phi) is 10.3. The number of nitrogens with one attached hydrogen (secondary N) is 2. The van der Waals surface area contributed by atoms with E-state index in [0.29, 0.717) is 42.0 Å². The van der Waals surface area contributed by atoms with E-state index in [9.17, 15) is 14.4 Å². The summed E-state index contributed by atoms with van der Waals surface area (Å²) >= 11 is 0. The monoisotopic (exact) mass is 595 g/mol. The van der Waals surface area contributed by atoms with Gasteiger partial charge in [0, 0.05) is 50.4 Å². The van der Waals surface area contributed by atoms with E-state index in [4.69, 9.17) is 15.0 Å². The van der Waals surface area contributed by atoms with Crippen LogP contribution in [-0.2, 0) is 23.1 Å². The van der Waals surface area contributed by atoms with Gasteiger partial charge >= 0.3 is 6.09 Å². The second-order valence-corrected chi connectivity index (χ2v) is 11.3. The van der Waals surface area contributed by atoms with E-state index in [-0.39, 0.29) is 31.1 Å².